The van der Waals surface area contributed by atoms with Crippen molar-refractivity contribution in [1.29, 1.82) is 0 Å². The van der Waals surface area contributed by atoms with Crippen molar-refractivity contribution < 1.29 is 14.4 Å². The molecule has 0 fully saturated rings. The van der Waals surface area contributed by atoms with Crippen molar-refractivity contribution in [2.75, 3.05) is 11.1 Å². The molecule has 2 aromatic rings. The topological polar surface area (TPSA) is 123 Å². The van der Waals surface area contributed by atoms with Crippen molar-refractivity contribution in [1.82, 2.24) is 9.88 Å². The number of nitrogen functional groups attached to an aromatic ring is 1. The van der Waals surface area contributed by atoms with Gasteiger partial charge in [-0.15, -0.1) is 0 Å². The summed E-state index contributed by atoms with van der Waals surface area (Å²) in [5.74, 6) is -1.79. The lowest BCUT2D eigenvalue weighted by molar-refractivity contribution is -0.118. The van der Waals surface area contributed by atoms with E-state index in [4.69, 9.17) is 5.73 Å². The standard InChI is InChI=1S/C17H16N4O4/c1-8(2)15(23)19-9-4-3-5-10(6-9)21-12(22)7-11-13(14(21)18)17(25)20-16(11)24/h3-8H,18H2,1-2H3,(H,19,23)(H,20,24,25). The molecule has 1 aliphatic rings. The third-order valence-corrected chi connectivity index (χ3v) is 3.85. The number of carbonyl (C=O) groups excluding carboxylic acids is 3. The molecule has 0 spiro atoms. The van der Waals surface area contributed by atoms with Gasteiger partial charge in [-0.1, -0.05) is 19.9 Å². The number of hydrogen-bond acceptors (Lipinski definition) is 5. The fourth-order valence-electron chi connectivity index (χ4n) is 2.56. The Morgan fingerprint density at radius 2 is 1.88 bits per heavy atom. The zero-order valence-electron chi connectivity index (χ0n) is 13.6. The van der Waals surface area contributed by atoms with Crippen molar-refractivity contribution in [2.45, 2.75) is 13.8 Å². The fraction of sp³-hybridized carbons (Fsp3) is 0.176. The second kappa shape index (κ2) is 5.90. The van der Waals surface area contributed by atoms with E-state index in [1.165, 1.54) is 0 Å². The molecule has 25 heavy (non-hydrogen) atoms. The average Bonchev–Trinajstić information content (AvgIpc) is 2.82. The van der Waals surface area contributed by atoms with Crippen LogP contribution in [-0.2, 0) is 4.79 Å². The molecule has 1 aromatic carbocycles. The second-order valence-corrected chi connectivity index (χ2v) is 5.97. The molecule has 8 nitrogen and oxygen atoms in total. The fourth-order valence-corrected chi connectivity index (χ4v) is 2.56. The number of aromatic nitrogens is 1. The van der Waals surface area contributed by atoms with Crippen LogP contribution >= 0.6 is 0 Å². The van der Waals surface area contributed by atoms with Gasteiger partial charge in [-0.25, -0.2) is 0 Å². The lowest BCUT2D eigenvalue weighted by Crippen LogP contribution is -2.24. The molecule has 0 saturated carbocycles. The number of anilines is 2. The molecule has 128 valence electrons. The molecule has 0 atom stereocenters. The molecular formula is C17H16N4O4. The smallest absolute Gasteiger partial charge is 0.262 e. The molecule has 3 rings (SSSR count). The number of fused-ring (bicyclic) bond motifs is 1. The summed E-state index contributed by atoms with van der Waals surface area (Å²) in [6.45, 7) is 3.52. The number of nitrogens with two attached hydrogens (primary N) is 1. The summed E-state index contributed by atoms with van der Waals surface area (Å²) in [6.07, 6.45) is 0. The van der Waals surface area contributed by atoms with Crippen LogP contribution in [-0.4, -0.2) is 22.3 Å². The molecule has 0 unspecified atom stereocenters. The van der Waals surface area contributed by atoms with E-state index in [1.807, 2.05) is 0 Å². The highest BCUT2D eigenvalue weighted by atomic mass is 16.2. The van der Waals surface area contributed by atoms with Gasteiger partial charge in [-0.2, -0.15) is 0 Å². The second-order valence-electron chi connectivity index (χ2n) is 5.97. The lowest BCUT2D eigenvalue weighted by atomic mass is 10.1. The van der Waals surface area contributed by atoms with Gasteiger partial charge in [-0.3, -0.25) is 29.1 Å². The Bertz CT molecular complexity index is 975. The van der Waals surface area contributed by atoms with Crippen LogP contribution in [0.15, 0.2) is 35.1 Å². The van der Waals surface area contributed by atoms with Crippen LogP contribution in [0.3, 0.4) is 0 Å². The van der Waals surface area contributed by atoms with E-state index < -0.39 is 17.4 Å². The van der Waals surface area contributed by atoms with Gasteiger partial charge in [0.1, 0.15) is 5.82 Å². The van der Waals surface area contributed by atoms with Crippen LogP contribution in [0.25, 0.3) is 5.69 Å². The third-order valence-electron chi connectivity index (χ3n) is 3.85. The van der Waals surface area contributed by atoms with Gasteiger partial charge in [0, 0.05) is 17.7 Å². The van der Waals surface area contributed by atoms with E-state index in [9.17, 15) is 19.2 Å². The van der Waals surface area contributed by atoms with E-state index in [2.05, 4.69) is 10.6 Å². The number of rotatable bonds is 3. The molecule has 1 aliphatic heterocycles. The molecule has 0 aliphatic carbocycles. The Hall–Kier alpha value is -3.42. The Balaban J connectivity index is 2.11. The van der Waals surface area contributed by atoms with Gasteiger partial charge in [0.05, 0.1) is 16.8 Å². The quantitative estimate of drug-likeness (QED) is 0.716. The predicted octanol–water partition coefficient (Wildman–Crippen LogP) is 0.898. The third kappa shape index (κ3) is 2.78. The average molecular weight is 340 g/mol. The monoisotopic (exact) mass is 340 g/mol. The normalized spacial score (nSPS) is 12.9. The molecule has 2 heterocycles. The first kappa shape index (κ1) is 16.4. The van der Waals surface area contributed by atoms with Gasteiger partial charge in [0.15, 0.2) is 0 Å². The van der Waals surface area contributed by atoms with Crippen LogP contribution < -0.4 is 21.9 Å². The summed E-state index contributed by atoms with van der Waals surface area (Å²) >= 11 is 0. The Labute approximate surface area is 142 Å². The van der Waals surface area contributed by atoms with Crippen molar-refractivity contribution >= 4 is 29.2 Å². The summed E-state index contributed by atoms with van der Waals surface area (Å²) in [7, 11) is 0. The van der Waals surface area contributed by atoms with Crippen LogP contribution in [0.2, 0.25) is 0 Å². The Morgan fingerprint density at radius 3 is 2.56 bits per heavy atom. The first-order chi connectivity index (χ1) is 11.8. The zero-order valence-corrected chi connectivity index (χ0v) is 13.6. The van der Waals surface area contributed by atoms with E-state index in [0.717, 1.165) is 10.6 Å². The van der Waals surface area contributed by atoms with E-state index in [1.54, 1.807) is 38.1 Å². The van der Waals surface area contributed by atoms with Crippen LogP contribution in [0.1, 0.15) is 34.6 Å². The predicted molar refractivity (Wildman–Crippen MR) is 91.7 cm³/mol. The lowest BCUT2D eigenvalue weighted by Gasteiger charge is -2.14. The highest BCUT2D eigenvalue weighted by Crippen LogP contribution is 2.24. The molecule has 4 N–H and O–H groups in total. The molecular weight excluding hydrogens is 324 g/mol. The first-order valence-corrected chi connectivity index (χ1v) is 7.62. The maximum absolute atomic E-state index is 12.4. The number of hydrogen-bond donors (Lipinski definition) is 3. The maximum Gasteiger partial charge on any atom is 0.262 e. The molecule has 1 aromatic heterocycles. The SMILES string of the molecule is CC(C)C(=O)Nc1cccc(-n2c(N)c3c(cc2=O)C(=O)NC3=O)c1. The molecule has 0 radical (unpaired) electrons. The minimum absolute atomic E-state index is 0.0266. The van der Waals surface area contributed by atoms with Crippen LogP contribution in [0.5, 0.6) is 0 Å². The van der Waals surface area contributed by atoms with Gasteiger partial charge in [0.25, 0.3) is 17.4 Å². The minimum Gasteiger partial charge on any atom is -0.384 e. The summed E-state index contributed by atoms with van der Waals surface area (Å²) in [5.41, 5.74) is 6.24. The van der Waals surface area contributed by atoms with Crippen molar-refractivity contribution in [3.8, 4) is 5.69 Å². The zero-order chi connectivity index (χ0) is 18.3. The van der Waals surface area contributed by atoms with E-state index in [-0.39, 0.29) is 28.8 Å². The van der Waals surface area contributed by atoms with Crippen molar-refractivity contribution in [3.05, 3.63) is 51.8 Å². The number of carbonyl (C=O) groups is 3. The molecule has 8 heteroatoms. The van der Waals surface area contributed by atoms with Gasteiger partial charge in [0.2, 0.25) is 5.91 Å². The highest BCUT2D eigenvalue weighted by molar-refractivity contribution is 6.23. The largest absolute Gasteiger partial charge is 0.384 e. The van der Waals surface area contributed by atoms with E-state index >= 15 is 0 Å². The summed E-state index contributed by atoms with van der Waals surface area (Å²) in [6, 6.07) is 7.58. The first-order valence-electron chi connectivity index (χ1n) is 7.62. The highest BCUT2D eigenvalue weighted by Gasteiger charge is 2.31. The van der Waals surface area contributed by atoms with Gasteiger partial charge >= 0.3 is 0 Å². The number of amides is 3. The number of nitrogens with zero attached hydrogens (tertiary/aromatic N) is 1. The number of benzene rings is 1. The van der Waals surface area contributed by atoms with Gasteiger partial charge < -0.3 is 11.1 Å². The minimum atomic E-state index is -0.645. The van der Waals surface area contributed by atoms with Crippen LogP contribution in [0, 0.1) is 5.92 Å². The number of nitrogens with one attached hydrogen (secondary N) is 2. The number of pyridine rings is 1. The molecule has 0 saturated heterocycles. The van der Waals surface area contributed by atoms with Crippen molar-refractivity contribution in [2.24, 2.45) is 5.92 Å². The Morgan fingerprint density at radius 1 is 1.16 bits per heavy atom. The van der Waals surface area contributed by atoms with E-state index in [0.29, 0.717) is 11.4 Å². The summed E-state index contributed by atoms with van der Waals surface area (Å²) in [4.78, 5) is 47.8. The van der Waals surface area contributed by atoms with Crippen molar-refractivity contribution in [3.63, 3.8) is 0 Å². The molecule has 0 bridgehead atoms. The number of imide groups is 1. The molecule has 3 amide bonds. The maximum atomic E-state index is 12.4. The summed E-state index contributed by atoms with van der Waals surface area (Å²) < 4.78 is 1.13. The van der Waals surface area contributed by atoms with Crippen LogP contribution in [0.4, 0.5) is 11.5 Å². The summed E-state index contributed by atoms with van der Waals surface area (Å²) in [5, 5.41) is 4.84. The van der Waals surface area contributed by atoms with Gasteiger partial charge in [-0.05, 0) is 18.2 Å². The Kier molecular flexibility index (Phi) is 3.88.